The second-order valence-corrected chi connectivity index (χ2v) is 5.53. The number of benzene rings is 1. The summed E-state index contributed by atoms with van der Waals surface area (Å²) in [5.74, 6) is -1.17. The van der Waals surface area contributed by atoms with Crippen LogP contribution in [0.3, 0.4) is 0 Å². The molecular formula is C16H11F2N3S. The lowest BCUT2D eigenvalue weighted by Crippen LogP contribution is -1.91. The maximum absolute atomic E-state index is 13.1. The molecule has 0 amide bonds. The van der Waals surface area contributed by atoms with Gasteiger partial charge in [0, 0.05) is 23.7 Å². The van der Waals surface area contributed by atoms with Crippen molar-refractivity contribution in [3.05, 3.63) is 72.1 Å². The van der Waals surface area contributed by atoms with E-state index in [1.165, 1.54) is 17.8 Å². The van der Waals surface area contributed by atoms with Crippen LogP contribution in [-0.4, -0.2) is 15.2 Å². The molecule has 0 radical (unpaired) electrons. The predicted octanol–water partition coefficient (Wildman–Crippen LogP) is 4.11. The van der Waals surface area contributed by atoms with Gasteiger partial charge in [0.25, 0.3) is 0 Å². The SMILES string of the molecule is Fc1ccc(CSc2ccc(-c3ccncc3)nn2)cc1F. The summed E-state index contributed by atoms with van der Waals surface area (Å²) in [4.78, 5) is 3.96. The van der Waals surface area contributed by atoms with E-state index in [2.05, 4.69) is 15.2 Å². The Morgan fingerprint density at radius 1 is 0.864 bits per heavy atom. The van der Waals surface area contributed by atoms with E-state index in [1.807, 2.05) is 24.3 Å². The summed E-state index contributed by atoms with van der Waals surface area (Å²) in [5, 5.41) is 9.02. The Bertz CT molecular complexity index is 764. The quantitative estimate of drug-likeness (QED) is 0.679. The number of halogens is 2. The Hall–Kier alpha value is -2.34. The normalized spacial score (nSPS) is 10.6. The lowest BCUT2D eigenvalue weighted by atomic mass is 10.2. The number of thioether (sulfide) groups is 1. The highest BCUT2D eigenvalue weighted by atomic mass is 32.2. The van der Waals surface area contributed by atoms with Gasteiger partial charge in [0.15, 0.2) is 11.6 Å². The van der Waals surface area contributed by atoms with Crippen molar-refractivity contribution in [3.8, 4) is 11.3 Å². The molecule has 0 saturated carbocycles. The van der Waals surface area contributed by atoms with Crippen LogP contribution in [0.2, 0.25) is 0 Å². The van der Waals surface area contributed by atoms with Crippen molar-refractivity contribution in [1.82, 2.24) is 15.2 Å². The summed E-state index contributed by atoms with van der Waals surface area (Å²) in [5.41, 5.74) is 2.41. The zero-order valence-electron chi connectivity index (χ0n) is 11.4. The van der Waals surface area contributed by atoms with Crippen LogP contribution < -0.4 is 0 Å². The first-order valence-corrected chi connectivity index (χ1v) is 7.52. The standard InChI is InChI=1S/C16H11F2N3S/c17-13-2-1-11(9-14(13)18)10-22-16-4-3-15(20-21-16)12-5-7-19-8-6-12/h1-9H,10H2. The Kier molecular flexibility index (Phi) is 4.39. The van der Waals surface area contributed by atoms with Crippen molar-refractivity contribution in [2.75, 3.05) is 0 Å². The van der Waals surface area contributed by atoms with Crippen molar-refractivity contribution < 1.29 is 8.78 Å². The molecule has 0 saturated heterocycles. The van der Waals surface area contributed by atoms with E-state index < -0.39 is 11.6 Å². The van der Waals surface area contributed by atoms with E-state index in [0.717, 1.165) is 22.3 Å². The van der Waals surface area contributed by atoms with Crippen LogP contribution in [0, 0.1) is 11.6 Å². The van der Waals surface area contributed by atoms with E-state index >= 15 is 0 Å². The van der Waals surface area contributed by atoms with E-state index in [4.69, 9.17) is 0 Å². The van der Waals surface area contributed by atoms with Crippen molar-refractivity contribution in [2.24, 2.45) is 0 Å². The minimum absolute atomic E-state index is 0.500. The minimum Gasteiger partial charge on any atom is -0.265 e. The Balaban J connectivity index is 1.67. The molecule has 1 aromatic carbocycles. The summed E-state index contributed by atoms with van der Waals surface area (Å²) >= 11 is 1.42. The van der Waals surface area contributed by atoms with Crippen molar-refractivity contribution in [2.45, 2.75) is 10.8 Å². The van der Waals surface area contributed by atoms with Crippen LogP contribution >= 0.6 is 11.8 Å². The van der Waals surface area contributed by atoms with Crippen LogP contribution in [0.4, 0.5) is 8.78 Å². The van der Waals surface area contributed by atoms with Gasteiger partial charge in [0.2, 0.25) is 0 Å². The van der Waals surface area contributed by atoms with Gasteiger partial charge in [0.05, 0.1) is 5.69 Å². The maximum atomic E-state index is 13.1. The molecule has 110 valence electrons. The van der Waals surface area contributed by atoms with Gasteiger partial charge < -0.3 is 0 Å². The minimum atomic E-state index is -0.838. The van der Waals surface area contributed by atoms with Crippen LogP contribution in [0.25, 0.3) is 11.3 Å². The van der Waals surface area contributed by atoms with Gasteiger partial charge in [-0.3, -0.25) is 4.98 Å². The third-order valence-electron chi connectivity index (χ3n) is 2.99. The summed E-state index contributed by atoms with van der Waals surface area (Å²) < 4.78 is 26.0. The molecule has 0 bridgehead atoms. The lowest BCUT2D eigenvalue weighted by Gasteiger charge is -2.03. The lowest BCUT2D eigenvalue weighted by molar-refractivity contribution is 0.507. The zero-order valence-corrected chi connectivity index (χ0v) is 12.2. The fraction of sp³-hybridized carbons (Fsp3) is 0.0625. The van der Waals surface area contributed by atoms with Crippen LogP contribution in [0.1, 0.15) is 5.56 Å². The third-order valence-corrected chi connectivity index (χ3v) is 3.98. The average Bonchev–Trinajstić information content (AvgIpc) is 2.57. The first-order chi connectivity index (χ1) is 10.7. The number of pyridine rings is 1. The fourth-order valence-corrected chi connectivity index (χ4v) is 2.62. The van der Waals surface area contributed by atoms with E-state index in [0.29, 0.717) is 11.3 Å². The van der Waals surface area contributed by atoms with Crippen LogP contribution in [0.5, 0.6) is 0 Å². The molecule has 0 aliphatic carbocycles. The molecule has 0 spiro atoms. The Morgan fingerprint density at radius 3 is 2.36 bits per heavy atom. The third kappa shape index (κ3) is 3.46. The van der Waals surface area contributed by atoms with Gasteiger partial charge in [0.1, 0.15) is 5.03 Å². The van der Waals surface area contributed by atoms with Gasteiger partial charge in [-0.05, 0) is 42.0 Å². The topological polar surface area (TPSA) is 38.7 Å². The molecule has 3 aromatic rings. The zero-order chi connectivity index (χ0) is 15.4. The first kappa shape index (κ1) is 14.6. The van der Waals surface area contributed by atoms with Gasteiger partial charge in [-0.1, -0.05) is 17.8 Å². The number of hydrogen-bond donors (Lipinski definition) is 0. The van der Waals surface area contributed by atoms with E-state index in [-0.39, 0.29) is 0 Å². The second kappa shape index (κ2) is 6.62. The van der Waals surface area contributed by atoms with Gasteiger partial charge in [-0.15, -0.1) is 10.2 Å². The summed E-state index contributed by atoms with van der Waals surface area (Å²) in [7, 11) is 0. The predicted molar refractivity (Wildman–Crippen MR) is 81.2 cm³/mol. The van der Waals surface area contributed by atoms with E-state index in [1.54, 1.807) is 18.5 Å². The van der Waals surface area contributed by atoms with Crippen LogP contribution in [-0.2, 0) is 5.75 Å². The molecule has 2 heterocycles. The van der Waals surface area contributed by atoms with Gasteiger partial charge in [-0.2, -0.15) is 0 Å². The number of hydrogen-bond acceptors (Lipinski definition) is 4. The van der Waals surface area contributed by atoms with Crippen molar-refractivity contribution >= 4 is 11.8 Å². The molecule has 0 unspecified atom stereocenters. The molecule has 6 heteroatoms. The number of rotatable bonds is 4. The maximum Gasteiger partial charge on any atom is 0.159 e. The molecule has 0 fully saturated rings. The molecule has 3 rings (SSSR count). The Labute approximate surface area is 130 Å². The summed E-state index contributed by atoms with van der Waals surface area (Å²) in [6.45, 7) is 0. The summed E-state index contributed by atoms with van der Waals surface area (Å²) in [6.07, 6.45) is 3.39. The highest BCUT2D eigenvalue weighted by Gasteiger charge is 2.05. The monoisotopic (exact) mass is 315 g/mol. The number of aromatic nitrogens is 3. The van der Waals surface area contributed by atoms with Gasteiger partial charge >= 0.3 is 0 Å². The smallest absolute Gasteiger partial charge is 0.159 e. The van der Waals surface area contributed by atoms with Crippen molar-refractivity contribution in [3.63, 3.8) is 0 Å². The van der Waals surface area contributed by atoms with E-state index in [9.17, 15) is 8.78 Å². The summed E-state index contributed by atoms with van der Waals surface area (Å²) in [6, 6.07) is 11.3. The average molecular weight is 315 g/mol. The number of nitrogens with zero attached hydrogens (tertiary/aromatic N) is 3. The molecule has 2 aromatic heterocycles. The molecule has 3 nitrogen and oxygen atoms in total. The second-order valence-electron chi connectivity index (χ2n) is 4.53. The van der Waals surface area contributed by atoms with Gasteiger partial charge in [-0.25, -0.2) is 8.78 Å². The molecular weight excluding hydrogens is 304 g/mol. The molecule has 0 aliphatic heterocycles. The van der Waals surface area contributed by atoms with Crippen LogP contribution in [0.15, 0.2) is 59.9 Å². The fourth-order valence-electron chi connectivity index (χ4n) is 1.86. The molecule has 0 atom stereocenters. The molecule has 0 N–H and O–H groups in total. The molecule has 22 heavy (non-hydrogen) atoms. The van der Waals surface area contributed by atoms with Crippen molar-refractivity contribution in [1.29, 1.82) is 0 Å². The highest BCUT2D eigenvalue weighted by molar-refractivity contribution is 7.98. The highest BCUT2D eigenvalue weighted by Crippen LogP contribution is 2.23. The first-order valence-electron chi connectivity index (χ1n) is 6.53. The largest absolute Gasteiger partial charge is 0.265 e. The molecule has 0 aliphatic rings. The Morgan fingerprint density at radius 2 is 1.68 bits per heavy atom.